The monoisotopic (exact) mass is 449 g/mol. The second-order valence-corrected chi connectivity index (χ2v) is 8.44. The zero-order chi connectivity index (χ0) is 19.8. The molecule has 0 saturated heterocycles. The minimum atomic E-state index is -0.319. The number of nitrogens with zero attached hydrogens (tertiary/aromatic N) is 3. The van der Waals surface area contributed by atoms with Crippen molar-refractivity contribution in [2.75, 3.05) is 4.90 Å². The highest BCUT2D eigenvalue weighted by atomic mass is 79.9. The molecule has 138 valence electrons. The number of benzene rings is 2. The molecular weight excluding hydrogens is 434 g/mol. The van der Waals surface area contributed by atoms with Crippen molar-refractivity contribution in [3.63, 3.8) is 0 Å². The van der Waals surface area contributed by atoms with Crippen molar-refractivity contribution < 1.29 is 4.79 Å². The van der Waals surface area contributed by atoms with Crippen molar-refractivity contribution in [1.29, 1.82) is 5.26 Å². The lowest BCUT2D eigenvalue weighted by atomic mass is 10.0. The Balaban J connectivity index is 1.98. The fraction of sp³-hybridized carbons (Fsp3) is 0.227. The zero-order valence-electron chi connectivity index (χ0n) is 15.4. The van der Waals surface area contributed by atoms with Gasteiger partial charge in [0.2, 0.25) is 0 Å². The summed E-state index contributed by atoms with van der Waals surface area (Å²) >= 11 is 4.94. The Hall–Kier alpha value is -2.67. The van der Waals surface area contributed by atoms with E-state index in [0.29, 0.717) is 17.3 Å². The van der Waals surface area contributed by atoms with Crippen LogP contribution in [0, 0.1) is 30.1 Å². The highest BCUT2D eigenvalue weighted by Crippen LogP contribution is 2.48. The van der Waals surface area contributed by atoms with E-state index in [0.717, 1.165) is 44.2 Å². The lowest BCUT2D eigenvalue weighted by Gasteiger charge is -2.23. The second kappa shape index (κ2) is 7.39. The van der Waals surface area contributed by atoms with Crippen molar-refractivity contribution in [3.8, 4) is 17.9 Å². The number of amides is 1. The predicted molar refractivity (Wildman–Crippen MR) is 116 cm³/mol. The Bertz CT molecular complexity index is 1210. The molecule has 3 aromatic rings. The molecule has 0 N–H and O–H groups in total. The second-order valence-electron chi connectivity index (χ2n) is 6.78. The molecule has 0 unspecified atom stereocenters. The molecule has 1 fully saturated rings. The molecule has 1 saturated carbocycles. The molecule has 1 aliphatic carbocycles. The minimum Gasteiger partial charge on any atom is -0.258 e. The van der Waals surface area contributed by atoms with Gasteiger partial charge in [-0.15, -0.1) is 0 Å². The van der Waals surface area contributed by atoms with Gasteiger partial charge in [-0.3, -0.25) is 9.69 Å². The maximum absolute atomic E-state index is 13.1. The average molecular weight is 450 g/mol. The van der Waals surface area contributed by atoms with Gasteiger partial charge in [0.05, 0.1) is 22.0 Å². The van der Waals surface area contributed by atoms with Gasteiger partial charge in [-0.25, -0.2) is 0 Å². The molecule has 1 amide bonds. The lowest BCUT2D eigenvalue weighted by Crippen LogP contribution is -2.26. The molecule has 0 spiro atoms. The van der Waals surface area contributed by atoms with Gasteiger partial charge in [0.15, 0.2) is 5.82 Å². The van der Waals surface area contributed by atoms with Gasteiger partial charge in [-0.05, 0) is 91.5 Å². The number of fused-ring (bicyclic) bond motifs is 1. The topological polar surface area (TPSA) is 57.0 Å². The third kappa shape index (κ3) is 3.30. The van der Waals surface area contributed by atoms with Crippen LogP contribution in [-0.4, -0.2) is 10.3 Å². The van der Waals surface area contributed by atoms with Gasteiger partial charge in [0.25, 0.3) is 0 Å². The molecular formula is C22H16BrN3OS. The van der Waals surface area contributed by atoms with Gasteiger partial charge in [0, 0.05) is 9.86 Å². The average Bonchev–Trinajstić information content (AvgIpc) is 3.45. The normalized spacial score (nSPS) is 12.9. The first kappa shape index (κ1) is 18.7. The van der Waals surface area contributed by atoms with E-state index < -0.39 is 0 Å². The Morgan fingerprint density at radius 1 is 1.32 bits per heavy atom. The van der Waals surface area contributed by atoms with Gasteiger partial charge >= 0.3 is 5.91 Å². The van der Waals surface area contributed by atoms with Crippen molar-refractivity contribution in [2.24, 2.45) is 0 Å². The molecule has 4 rings (SSSR count). The van der Waals surface area contributed by atoms with Crippen LogP contribution in [-0.2, 0) is 4.79 Å². The predicted octanol–water partition coefficient (Wildman–Crippen LogP) is 5.80. The number of hydrogen-bond donors (Lipinski definition) is 0. The van der Waals surface area contributed by atoms with Gasteiger partial charge in [-0.2, -0.15) is 9.64 Å². The largest absolute Gasteiger partial charge is 0.308 e. The molecule has 1 aromatic heterocycles. The smallest absolute Gasteiger partial charge is 0.258 e. The van der Waals surface area contributed by atoms with E-state index in [1.807, 2.05) is 19.1 Å². The van der Waals surface area contributed by atoms with Crippen molar-refractivity contribution in [3.05, 3.63) is 51.5 Å². The first-order chi connectivity index (χ1) is 13.5. The molecule has 0 aliphatic heterocycles. The standard InChI is InChI=1S/C22H16BrN3OS/c1-3-4-21(27)26(19-9-13(2)18(23)11-16(19)15-6-7-15)22-17-10-14(12-24)5-8-20(17)28-25-22/h5,8-11,15H,6-7H2,1-2H3. The fourth-order valence-electron chi connectivity index (χ4n) is 3.24. The summed E-state index contributed by atoms with van der Waals surface area (Å²) in [6, 6.07) is 11.7. The number of halogens is 1. The first-order valence-electron chi connectivity index (χ1n) is 8.90. The zero-order valence-corrected chi connectivity index (χ0v) is 17.8. The number of hydrogen-bond acceptors (Lipinski definition) is 4. The Morgan fingerprint density at radius 3 is 2.79 bits per heavy atom. The third-order valence-corrected chi connectivity index (χ3v) is 6.46. The summed E-state index contributed by atoms with van der Waals surface area (Å²) < 4.78 is 6.54. The number of aromatic nitrogens is 1. The van der Waals surface area contributed by atoms with Crippen LogP contribution >= 0.6 is 27.5 Å². The van der Waals surface area contributed by atoms with Gasteiger partial charge in [0.1, 0.15) is 0 Å². The number of carbonyl (C=O) groups is 1. The van der Waals surface area contributed by atoms with E-state index in [-0.39, 0.29) is 5.91 Å². The van der Waals surface area contributed by atoms with E-state index in [4.69, 9.17) is 0 Å². The summed E-state index contributed by atoms with van der Waals surface area (Å²) in [5.74, 6) is 6.04. The van der Waals surface area contributed by atoms with E-state index in [1.165, 1.54) is 11.5 Å². The van der Waals surface area contributed by atoms with Crippen LogP contribution in [0.2, 0.25) is 0 Å². The summed E-state index contributed by atoms with van der Waals surface area (Å²) in [4.78, 5) is 14.7. The Morgan fingerprint density at radius 2 is 2.11 bits per heavy atom. The number of anilines is 2. The summed E-state index contributed by atoms with van der Waals surface area (Å²) in [5, 5.41) is 10.1. The number of carbonyl (C=O) groups excluding carboxylic acids is 1. The van der Waals surface area contributed by atoms with Crippen LogP contribution < -0.4 is 4.90 Å². The van der Waals surface area contributed by atoms with Crippen molar-refractivity contribution in [2.45, 2.75) is 32.6 Å². The minimum absolute atomic E-state index is 0.319. The Kier molecular flexibility index (Phi) is 4.93. The highest BCUT2D eigenvalue weighted by molar-refractivity contribution is 9.10. The SMILES string of the molecule is CC#CC(=O)N(c1cc(C)c(Br)cc1C1CC1)c1nsc2ccc(C#N)cc12. The number of aryl methyl sites for hydroxylation is 1. The molecule has 1 heterocycles. The quantitative estimate of drug-likeness (QED) is 0.474. The van der Waals surface area contributed by atoms with E-state index in [9.17, 15) is 10.1 Å². The maximum atomic E-state index is 13.1. The molecule has 0 bridgehead atoms. The molecule has 6 heteroatoms. The molecule has 1 aliphatic rings. The van der Waals surface area contributed by atoms with E-state index in [1.54, 1.807) is 24.0 Å². The molecule has 28 heavy (non-hydrogen) atoms. The fourth-order valence-corrected chi connectivity index (χ4v) is 4.34. The molecule has 4 nitrogen and oxygen atoms in total. The van der Waals surface area contributed by atoms with E-state index >= 15 is 0 Å². The van der Waals surface area contributed by atoms with E-state index in [2.05, 4.69) is 44.3 Å². The van der Waals surface area contributed by atoms with Crippen LogP contribution in [0.3, 0.4) is 0 Å². The lowest BCUT2D eigenvalue weighted by molar-refractivity contribution is -0.112. The van der Waals surface area contributed by atoms with Crippen LogP contribution in [0.4, 0.5) is 11.5 Å². The first-order valence-corrected chi connectivity index (χ1v) is 10.5. The summed E-state index contributed by atoms with van der Waals surface area (Å²) in [6.07, 6.45) is 2.22. The van der Waals surface area contributed by atoms with Gasteiger partial charge in [-0.1, -0.05) is 21.9 Å². The van der Waals surface area contributed by atoms with Crippen molar-refractivity contribution in [1.82, 2.24) is 4.37 Å². The number of rotatable bonds is 3. The third-order valence-electron chi connectivity index (χ3n) is 4.79. The number of nitriles is 1. The molecule has 2 aromatic carbocycles. The van der Waals surface area contributed by atoms with Crippen LogP contribution in [0.15, 0.2) is 34.8 Å². The van der Waals surface area contributed by atoms with Crippen molar-refractivity contribution >= 4 is 55.0 Å². The maximum Gasteiger partial charge on any atom is 0.308 e. The summed E-state index contributed by atoms with van der Waals surface area (Å²) in [7, 11) is 0. The van der Waals surface area contributed by atoms with Gasteiger partial charge < -0.3 is 0 Å². The summed E-state index contributed by atoms with van der Waals surface area (Å²) in [6.45, 7) is 3.66. The molecule has 0 atom stereocenters. The van der Waals surface area contributed by atoms with Crippen LogP contribution in [0.1, 0.15) is 42.4 Å². The Labute approximate surface area is 176 Å². The highest BCUT2D eigenvalue weighted by Gasteiger charge is 2.32. The van der Waals surface area contributed by atoms with Crippen LogP contribution in [0.25, 0.3) is 10.1 Å². The van der Waals surface area contributed by atoms with Crippen LogP contribution in [0.5, 0.6) is 0 Å². The molecule has 0 radical (unpaired) electrons. The summed E-state index contributed by atoms with van der Waals surface area (Å²) in [5.41, 5.74) is 3.53.